The van der Waals surface area contributed by atoms with Gasteiger partial charge in [-0.3, -0.25) is 4.79 Å². The zero-order chi connectivity index (χ0) is 14.4. The molecule has 0 atom stereocenters. The Balaban J connectivity index is 2.19. The fraction of sp³-hybridized carbons (Fsp3) is 0.0625. The molecule has 2 aromatic heterocycles. The summed E-state index contributed by atoms with van der Waals surface area (Å²) >= 11 is 0. The zero-order valence-corrected chi connectivity index (χ0v) is 11.4. The number of fused-ring (bicyclic) bond motifs is 3. The van der Waals surface area contributed by atoms with Crippen molar-refractivity contribution in [2.75, 3.05) is 0 Å². The quantitative estimate of drug-likeness (QED) is 0.536. The lowest BCUT2D eigenvalue weighted by Crippen LogP contribution is -2.21. The third-order valence-corrected chi connectivity index (χ3v) is 3.54. The van der Waals surface area contributed by atoms with Crippen LogP contribution in [0.1, 0.15) is 0 Å². The number of nitrogens with zero attached hydrogens (tertiary/aromatic N) is 4. The van der Waals surface area contributed by atoms with E-state index in [0.717, 1.165) is 16.6 Å². The van der Waals surface area contributed by atoms with Gasteiger partial charge in [0.2, 0.25) is 5.78 Å². The van der Waals surface area contributed by atoms with E-state index in [-0.39, 0.29) is 5.56 Å². The highest BCUT2D eigenvalue weighted by Crippen LogP contribution is 2.17. The highest BCUT2D eigenvalue weighted by molar-refractivity contribution is 5.79. The molecule has 2 aromatic carbocycles. The van der Waals surface area contributed by atoms with Gasteiger partial charge in [-0.1, -0.05) is 42.5 Å². The van der Waals surface area contributed by atoms with Crippen molar-refractivity contribution in [3.8, 4) is 11.3 Å². The van der Waals surface area contributed by atoms with Crippen LogP contribution in [0.25, 0.3) is 28.1 Å². The maximum absolute atomic E-state index is 12.8. The zero-order valence-electron chi connectivity index (χ0n) is 11.4. The molecule has 0 N–H and O–H groups in total. The van der Waals surface area contributed by atoms with Crippen LogP contribution in [0.4, 0.5) is 0 Å². The van der Waals surface area contributed by atoms with E-state index in [1.807, 2.05) is 54.6 Å². The summed E-state index contributed by atoms with van der Waals surface area (Å²) in [7, 11) is 1.80. The Morgan fingerprint density at radius 1 is 0.952 bits per heavy atom. The first-order chi connectivity index (χ1) is 10.3. The molecule has 0 fully saturated rings. The summed E-state index contributed by atoms with van der Waals surface area (Å²) in [6, 6.07) is 17.1. The van der Waals surface area contributed by atoms with E-state index in [1.165, 1.54) is 0 Å². The van der Waals surface area contributed by atoms with Crippen LogP contribution in [0.5, 0.6) is 0 Å². The molecule has 0 saturated heterocycles. The maximum atomic E-state index is 12.8. The number of rotatable bonds is 1. The van der Waals surface area contributed by atoms with Gasteiger partial charge < -0.3 is 0 Å². The van der Waals surface area contributed by atoms with Gasteiger partial charge in [0.25, 0.3) is 5.56 Å². The van der Waals surface area contributed by atoms with Gasteiger partial charge in [0.05, 0.1) is 11.0 Å². The molecule has 0 aliphatic heterocycles. The van der Waals surface area contributed by atoms with Crippen molar-refractivity contribution in [2.24, 2.45) is 7.05 Å². The van der Waals surface area contributed by atoms with Gasteiger partial charge in [-0.2, -0.15) is 5.10 Å². The summed E-state index contributed by atoms with van der Waals surface area (Å²) in [6.07, 6.45) is 0. The highest BCUT2D eigenvalue weighted by atomic mass is 16.1. The Labute approximate surface area is 120 Å². The Kier molecular flexibility index (Phi) is 2.41. The van der Waals surface area contributed by atoms with Crippen molar-refractivity contribution in [2.45, 2.75) is 0 Å². The predicted molar refractivity (Wildman–Crippen MR) is 81.2 cm³/mol. The number of hydrogen-bond donors (Lipinski definition) is 0. The second kappa shape index (κ2) is 4.28. The lowest BCUT2D eigenvalue weighted by Gasteiger charge is -2.05. The number of aryl methyl sites for hydroxylation is 1. The van der Waals surface area contributed by atoms with E-state index >= 15 is 0 Å². The van der Waals surface area contributed by atoms with Crippen molar-refractivity contribution in [1.82, 2.24) is 19.2 Å². The molecule has 0 saturated carbocycles. The lowest BCUT2D eigenvalue weighted by atomic mass is 10.2. The summed E-state index contributed by atoms with van der Waals surface area (Å²) in [5.41, 5.74) is 2.67. The van der Waals surface area contributed by atoms with E-state index < -0.39 is 0 Å². The summed E-state index contributed by atoms with van der Waals surface area (Å²) in [5.74, 6) is 0.542. The Hall–Kier alpha value is -2.95. The van der Waals surface area contributed by atoms with E-state index in [0.29, 0.717) is 11.5 Å². The fourth-order valence-electron chi connectivity index (χ4n) is 2.55. The van der Waals surface area contributed by atoms with Gasteiger partial charge in [-0.15, -0.1) is 0 Å². The van der Waals surface area contributed by atoms with Crippen LogP contribution in [0, 0.1) is 0 Å². The number of aromatic nitrogens is 4. The second-order valence-electron chi connectivity index (χ2n) is 4.88. The minimum Gasteiger partial charge on any atom is -0.266 e. The second-order valence-corrected chi connectivity index (χ2v) is 4.88. The van der Waals surface area contributed by atoms with Crippen molar-refractivity contribution in [3.05, 3.63) is 65.0 Å². The van der Waals surface area contributed by atoms with Gasteiger partial charge in [-0.05, 0) is 12.1 Å². The van der Waals surface area contributed by atoms with Gasteiger partial charge in [0.1, 0.15) is 0 Å². The van der Waals surface area contributed by atoms with Crippen molar-refractivity contribution in [1.29, 1.82) is 0 Å². The first kappa shape index (κ1) is 11.8. The van der Waals surface area contributed by atoms with Crippen LogP contribution in [0.15, 0.2) is 59.4 Å². The van der Waals surface area contributed by atoms with Gasteiger partial charge in [0.15, 0.2) is 5.69 Å². The van der Waals surface area contributed by atoms with E-state index in [1.54, 1.807) is 16.1 Å². The average Bonchev–Trinajstić information content (AvgIpc) is 2.92. The molecule has 2 heterocycles. The molecule has 0 spiro atoms. The molecule has 0 unspecified atom stereocenters. The third kappa shape index (κ3) is 1.67. The average molecular weight is 276 g/mol. The van der Waals surface area contributed by atoms with Crippen LogP contribution in [-0.2, 0) is 7.05 Å². The Morgan fingerprint density at radius 2 is 1.67 bits per heavy atom. The maximum Gasteiger partial charge on any atom is 0.286 e. The number of hydrogen-bond acceptors (Lipinski definition) is 3. The molecule has 0 aliphatic rings. The van der Waals surface area contributed by atoms with Crippen LogP contribution < -0.4 is 5.56 Å². The smallest absolute Gasteiger partial charge is 0.266 e. The van der Waals surface area contributed by atoms with Crippen LogP contribution in [0.3, 0.4) is 0 Å². The van der Waals surface area contributed by atoms with E-state index in [4.69, 9.17) is 0 Å². The van der Waals surface area contributed by atoms with Crippen LogP contribution in [0.2, 0.25) is 0 Å². The largest absolute Gasteiger partial charge is 0.286 e. The van der Waals surface area contributed by atoms with Gasteiger partial charge in [-0.25, -0.2) is 14.1 Å². The summed E-state index contributed by atoms with van der Waals surface area (Å²) in [6.45, 7) is 0. The van der Waals surface area contributed by atoms with Crippen molar-refractivity contribution in [3.63, 3.8) is 0 Å². The fourth-order valence-corrected chi connectivity index (χ4v) is 2.55. The predicted octanol–water partition coefficient (Wildman–Crippen LogP) is 2.25. The molecule has 0 aliphatic carbocycles. The number of benzene rings is 2. The highest BCUT2D eigenvalue weighted by Gasteiger charge is 2.14. The summed E-state index contributed by atoms with van der Waals surface area (Å²) in [4.78, 5) is 17.3. The SMILES string of the molecule is Cn1nc(-c2ccccc2)c(=O)n2c3ccccc3nc12. The molecule has 4 rings (SSSR count). The van der Waals surface area contributed by atoms with E-state index in [2.05, 4.69) is 10.1 Å². The standard InChI is InChI=1S/C16H12N4O/c1-19-16-17-12-9-5-6-10-13(12)20(16)15(21)14(18-19)11-7-3-2-4-8-11/h2-10H,1H3. The first-order valence-electron chi connectivity index (χ1n) is 6.65. The molecular formula is C16H12N4O. The summed E-state index contributed by atoms with van der Waals surface area (Å²) in [5, 5.41) is 4.39. The lowest BCUT2D eigenvalue weighted by molar-refractivity contribution is 0.732. The monoisotopic (exact) mass is 276 g/mol. The van der Waals surface area contributed by atoms with Gasteiger partial charge >= 0.3 is 0 Å². The molecule has 5 nitrogen and oxygen atoms in total. The molecule has 0 amide bonds. The number of imidazole rings is 1. The Morgan fingerprint density at radius 3 is 2.48 bits per heavy atom. The minimum absolute atomic E-state index is 0.150. The number of para-hydroxylation sites is 2. The molecule has 0 radical (unpaired) electrons. The third-order valence-electron chi connectivity index (χ3n) is 3.54. The summed E-state index contributed by atoms with van der Waals surface area (Å²) < 4.78 is 3.26. The van der Waals surface area contributed by atoms with Crippen LogP contribution in [-0.4, -0.2) is 19.2 Å². The van der Waals surface area contributed by atoms with Gasteiger partial charge in [0, 0.05) is 12.6 Å². The molecule has 21 heavy (non-hydrogen) atoms. The van der Waals surface area contributed by atoms with E-state index in [9.17, 15) is 4.79 Å². The molecular weight excluding hydrogens is 264 g/mol. The van der Waals surface area contributed by atoms with Crippen molar-refractivity contribution >= 4 is 16.8 Å². The van der Waals surface area contributed by atoms with Crippen molar-refractivity contribution < 1.29 is 0 Å². The van der Waals surface area contributed by atoms with Crippen LogP contribution >= 0.6 is 0 Å². The topological polar surface area (TPSA) is 52.2 Å². The minimum atomic E-state index is -0.150. The molecule has 0 bridgehead atoms. The molecule has 102 valence electrons. The molecule has 5 heteroatoms. The normalized spacial score (nSPS) is 11.3. The molecule has 4 aromatic rings. The first-order valence-corrected chi connectivity index (χ1v) is 6.65. The Bertz CT molecular complexity index is 1010.